The zero-order valence-corrected chi connectivity index (χ0v) is 17.6. The van der Waals surface area contributed by atoms with E-state index in [-0.39, 0.29) is 18.4 Å². The monoisotopic (exact) mass is 401 g/mol. The van der Waals surface area contributed by atoms with Crippen molar-refractivity contribution in [1.82, 2.24) is 4.90 Å². The van der Waals surface area contributed by atoms with Gasteiger partial charge in [0.2, 0.25) is 5.91 Å². The predicted octanol–water partition coefficient (Wildman–Crippen LogP) is 4.63. The van der Waals surface area contributed by atoms with Crippen molar-refractivity contribution in [2.45, 2.75) is 20.4 Å². The van der Waals surface area contributed by atoms with Gasteiger partial charge in [0.25, 0.3) is 5.91 Å². The summed E-state index contributed by atoms with van der Waals surface area (Å²) in [6.45, 7) is 4.69. The molecule has 0 atom stereocenters. The molecule has 2 N–H and O–H groups in total. The average Bonchev–Trinajstić information content (AvgIpc) is 2.74. The zero-order chi connectivity index (χ0) is 21.5. The highest BCUT2D eigenvalue weighted by Gasteiger charge is 2.13. The lowest BCUT2D eigenvalue weighted by molar-refractivity contribution is -0.114. The second-order valence-electron chi connectivity index (χ2n) is 7.45. The number of hydrogen-bond acceptors (Lipinski definition) is 3. The Morgan fingerprint density at radius 1 is 0.900 bits per heavy atom. The number of nitrogens with one attached hydrogen (secondary N) is 2. The molecule has 154 valence electrons. The summed E-state index contributed by atoms with van der Waals surface area (Å²) in [6.07, 6.45) is 0. The van der Waals surface area contributed by atoms with Gasteiger partial charge in [0.1, 0.15) is 0 Å². The Morgan fingerprint density at radius 2 is 1.67 bits per heavy atom. The molecule has 30 heavy (non-hydrogen) atoms. The van der Waals surface area contributed by atoms with Gasteiger partial charge >= 0.3 is 0 Å². The van der Waals surface area contributed by atoms with Gasteiger partial charge in [-0.15, -0.1) is 0 Å². The van der Waals surface area contributed by atoms with E-state index in [2.05, 4.69) is 10.6 Å². The van der Waals surface area contributed by atoms with Crippen molar-refractivity contribution in [3.05, 3.63) is 95.1 Å². The van der Waals surface area contributed by atoms with Crippen LogP contribution in [0.25, 0.3) is 0 Å². The minimum atomic E-state index is -0.168. The van der Waals surface area contributed by atoms with E-state index in [0.717, 1.165) is 22.4 Å². The van der Waals surface area contributed by atoms with E-state index in [9.17, 15) is 9.59 Å². The molecular weight excluding hydrogens is 374 g/mol. The number of amides is 2. The van der Waals surface area contributed by atoms with E-state index < -0.39 is 0 Å². The second kappa shape index (κ2) is 9.74. The van der Waals surface area contributed by atoms with Crippen LogP contribution in [0.5, 0.6) is 0 Å². The molecule has 0 aliphatic heterocycles. The molecule has 5 nitrogen and oxygen atoms in total. The second-order valence-corrected chi connectivity index (χ2v) is 7.45. The molecule has 2 amide bonds. The first-order valence-electron chi connectivity index (χ1n) is 9.93. The first-order chi connectivity index (χ1) is 14.4. The average molecular weight is 402 g/mol. The lowest BCUT2D eigenvalue weighted by atomic mass is 10.1. The summed E-state index contributed by atoms with van der Waals surface area (Å²) >= 11 is 0. The van der Waals surface area contributed by atoms with Crippen molar-refractivity contribution < 1.29 is 9.59 Å². The van der Waals surface area contributed by atoms with Crippen LogP contribution in [-0.2, 0) is 11.3 Å². The maximum absolute atomic E-state index is 12.8. The highest BCUT2D eigenvalue weighted by atomic mass is 16.2. The Hall–Kier alpha value is -3.60. The van der Waals surface area contributed by atoms with E-state index in [0.29, 0.717) is 17.8 Å². The molecular formula is C25H27N3O2. The molecule has 3 aromatic carbocycles. The number of aryl methyl sites for hydroxylation is 2. The third-order valence-corrected chi connectivity index (χ3v) is 4.84. The van der Waals surface area contributed by atoms with Crippen molar-refractivity contribution in [2.24, 2.45) is 0 Å². The van der Waals surface area contributed by atoms with Crippen LogP contribution in [0, 0.1) is 13.8 Å². The molecule has 0 heterocycles. The molecule has 0 unspecified atom stereocenters. The van der Waals surface area contributed by atoms with E-state index in [1.807, 2.05) is 62.4 Å². The fraction of sp³-hybridized carbons (Fsp3) is 0.200. The zero-order valence-electron chi connectivity index (χ0n) is 17.6. The van der Waals surface area contributed by atoms with E-state index in [1.165, 1.54) is 0 Å². The van der Waals surface area contributed by atoms with Gasteiger partial charge in [-0.1, -0.05) is 48.5 Å². The lowest BCUT2D eigenvalue weighted by Crippen LogP contribution is -2.26. The Bertz CT molecular complexity index is 1030. The molecule has 0 saturated heterocycles. The smallest absolute Gasteiger partial charge is 0.253 e. The summed E-state index contributed by atoms with van der Waals surface area (Å²) in [6, 6.07) is 22.9. The number of nitrogens with zero attached hydrogens (tertiary/aromatic N) is 1. The third kappa shape index (κ3) is 5.70. The van der Waals surface area contributed by atoms with Crippen molar-refractivity contribution >= 4 is 23.2 Å². The first-order valence-corrected chi connectivity index (χ1v) is 9.93. The van der Waals surface area contributed by atoms with E-state index in [1.54, 1.807) is 36.2 Å². The van der Waals surface area contributed by atoms with Crippen LogP contribution < -0.4 is 10.6 Å². The van der Waals surface area contributed by atoms with Crippen LogP contribution in [0.4, 0.5) is 11.4 Å². The minimum Gasteiger partial charge on any atom is -0.376 e. The van der Waals surface area contributed by atoms with Crippen LogP contribution in [0.1, 0.15) is 27.0 Å². The van der Waals surface area contributed by atoms with Gasteiger partial charge in [-0.05, 0) is 54.8 Å². The molecule has 0 saturated carbocycles. The normalized spacial score (nSPS) is 10.4. The fourth-order valence-corrected chi connectivity index (χ4v) is 3.19. The predicted molar refractivity (Wildman–Crippen MR) is 122 cm³/mol. The molecule has 0 bridgehead atoms. The fourth-order valence-electron chi connectivity index (χ4n) is 3.19. The number of carbonyl (C=O) groups is 2. The number of benzene rings is 3. The van der Waals surface area contributed by atoms with Gasteiger partial charge in [-0.3, -0.25) is 9.59 Å². The molecule has 0 aliphatic rings. The quantitative estimate of drug-likeness (QED) is 0.607. The minimum absolute atomic E-state index is 0.0940. The van der Waals surface area contributed by atoms with Gasteiger partial charge in [0.05, 0.1) is 6.54 Å². The van der Waals surface area contributed by atoms with E-state index in [4.69, 9.17) is 0 Å². The van der Waals surface area contributed by atoms with Gasteiger partial charge in [0, 0.05) is 30.5 Å². The van der Waals surface area contributed by atoms with Crippen LogP contribution in [-0.4, -0.2) is 30.3 Å². The van der Waals surface area contributed by atoms with Gasteiger partial charge in [0.15, 0.2) is 0 Å². The highest BCUT2D eigenvalue weighted by Crippen LogP contribution is 2.17. The third-order valence-electron chi connectivity index (χ3n) is 4.84. The SMILES string of the molecule is Cc1ccc(C)c(NCC(=O)Nc2cccc(C(=O)N(C)Cc3ccccc3)c2)c1. The van der Waals surface area contributed by atoms with Crippen LogP contribution >= 0.6 is 0 Å². The van der Waals surface area contributed by atoms with Gasteiger partial charge in [-0.25, -0.2) is 0 Å². The molecule has 0 aliphatic carbocycles. The molecule has 0 spiro atoms. The molecule has 0 radical (unpaired) electrons. The Morgan fingerprint density at radius 3 is 2.43 bits per heavy atom. The summed E-state index contributed by atoms with van der Waals surface area (Å²) in [5.41, 5.74) is 5.36. The summed E-state index contributed by atoms with van der Waals surface area (Å²) in [5, 5.41) is 6.03. The van der Waals surface area contributed by atoms with Crippen molar-refractivity contribution in [2.75, 3.05) is 24.2 Å². The standard InChI is InChI=1S/C25H27N3O2/c1-18-12-13-19(2)23(14-18)26-16-24(29)27-22-11-7-10-21(15-22)25(30)28(3)17-20-8-5-4-6-9-20/h4-15,26H,16-17H2,1-3H3,(H,27,29). The molecule has 3 rings (SSSR count). The van der Waals surface area contributed by atoms with Gasteiger partial charge in [-0.2, -0.15) is 0 Å². The summed E-state index contributed by atoms with van der Waals surface area (Å²) in [4.78, 5) is 26.8. The van der Waals surface area contributed by atoms with Crippen LogP contribution in [0.15, 0.2) is 72.8 Å². The largest absolute Gasteiger partial charge is 0.376 e. The van der Waals surface area contributed by atoms with Gasteiger partial charge < -0.3 is 15.5 Å². The molecule has 5 heteroatoms. The lowest BCUT2D eigenvalue weighted by Gasteiger charge is -2.18. The first kappa shape index (κ1) is 21.1. The highest BCUT2D eigenvalue weighted by molar-refractivity contribution is 5.98. The maximum Gasteiger partial charge on any atom is 0.253 e. The number of rotatable bonds is 7. The maximum atomic E-state index is 12.8. The Labute approximate surface area is 177 Å². The van der Waals surface area contributed by atoms with Crippen LogP contribution in [0.3, 0.4) is 0 Å². The topological polar surface area (TPSA) is 61.4 Å². The Kier molecular flexibility index (Phi) is 6.86. The van der Waals surface area contributed by atoms with Crippen LogP contribution in [0.2, 0.25) is 0 Å². The summed E-state index contributed by atoms with van der Waals surface area (Å²) in [7, 11) is 1.77. The number of carbonyl (C=O) groups excluding carboxylic acids is 2. The summed E-state index contributed by atoms with van der Waals surface area (Å²) in [5.74, 6) is -0.262. The number of anilines is 2. The molecule has 3 aromatic rings. The molecule has 0 aromatic heterocycles. The Balaban J connectivity index is 1.59. The van der Waals surface area contributed by atoms with E-state index >= 15 is 0 Å². The summed E-state index contributed by atoms with van der Waals surface area (Å²) < 4.78 is 0. The number of hydrogen-bond donors (Lipinski definition) is 2. The van der Waals surface area contributed by atoms with Crippen molar-refractivity contribution in [3.63, 3.8) is 0 Å². The molecule has 0 fully saturated rings. The van der Waals surface area contributed by atoms with Crippen molar-refractivity contribution in [3.8, 4) is 0 Å². The van der Waals surface area contributed by atoms with Crippen molar-refractivity contribution in [1.29, 1.82) is 0 Å².